The van der Waals surface area contributed by atoms with Gasteiger partial charge in [0.25, 0.3) is 5.91 Å². The average Bonchev–Trinajstić information content (AvgIpc) is 2.94. The minimum Gasteiger partial charge on any atom is -0.493 e. The molecule has 0 saturated carbocycles. The predicted octanol–water partition coefficient (Wildman–Crippen LogP) is 4.64. The molecule has 2 heterocycles. The number of benzene rings is 3. The van der Waals surface area contributed by atoms with Crippen molar-refractivity contribution in [3.8, 4) is 23.0 Å². The van der Waals surface area contributed by atoms with Crippen molar-refractivity contribution >= 4 is 16.9 Å². The van der Waals surface area contributed by atoms with Crippen molar-refractivity contribution in [3.63, 3.8) is 0 Å². The Kier molecular flexibility index (Phi) is 6.72. The molecule has 1 aliphatic rings. The highest BCUT2D eigenvalue weighted by Gasteiger charge is 2.35. The maximum absolute atomic E-state index is 13.8. The zero-order valence-corrected chi connectivity index (χ0v) is 20.9. The van der Waals surface area contributed by atoms with Crippen LogP contribution in [0.2, 0.25) is 0 Å². The Labute approximate surface area is 213 Å². The van der Waals surface area contributed by atoms with Crippen molar-refractivity contribution < 1.29 is 28.2 Å². The number of amides is 1. The van der Waals surface area contributed by atoms with E-state index >= 15 is 0 Å². The summed E-state index contributed by atoms with van der Waals surface area (Å²) in [5.41, 5.74) is 1.61. The summed E-state index contributed by atoms with van der Waals surface area (Å²) >= 11 is 0. The SMILES string of the molecule is COc1cc2c(cc1OC)[C@H](COc1ccccc1OC)N(C(=O)c1cc3ccccc3oc1=O)CC2. The normalized spacial score (nSPS) is 14.7. The molecule has 0 fully saturated rings. The molecule has 5 rings (SSSR count). The largest absolute Gasteiger partial charge is 0.493 e. The zero-order chi connectivity index (χ0) is 25.9. The lowest BCUT2D eigenvalue weighted by Gasteiger charge is -2.37. The summed E-state index contributed by atoms with van der Waals surface area (Å²) in [4.78, 5) is 28.3. The van der Waals surface area contributed by atoms with Gasteiger partial charge >= 0.3 is 5.63 Å². The van der Waals surface area contributed by atoms with E-state index in [-0.39, 0.29) is 12.2 Å². The molecule has 3 aromatic carbocycles. The fourth-order valence-corrected chi connectivity index (χ4v) is 4.72. The van der Waals surface area contributed by atoms with Crippen LogP contribution in [0, 0.1) is 0 Å². The van der Waals surface area contributed by atoms with E-state index < -0.39 is 17.6 Å². The van der Waals surface area contributed by atoms with Gasteiger partial charge in [-0.15, -0.1) is 0 Å². The molecule has 0 bridgehead atoms. The van der Waals surface area contributed by atoms with Crippen LogP contribution in [-0.4, -0.2) is 45.3 Å². The standard InChI is InChI=1S/C29H27NO7/c1-33-24-10-6-7-11-25(24)36-17-22-20-16-27(35-3)26(34-2)15-18(20)12-13-30(22)28(31)21-14-19-8-4-5-9-23(19)37-29(21)32/h4-11,14-16,22H,12-13,17H2,1-3H3/t22-/m0/s1. The number of methoxy groups -OCH3 is 3. The monoisotopic (exact) mass is 501 g/mol. The van der Waals surface area contributed by atoms with Gasteiger partial charge in [0.1, 0.15) is 17.8 Å². The Bertz CT molecular complexity index is 1510. The van der Waals surface area contributed by atoms with Gasteiger partial charge in [0, 0.05) is 11.9 Å². The summed E-state index contributed by atoms with van der Waals surface area (Å²) in [6.45, 7) is 0.515. The van der Waals surface area contributed by atoms with Crippen LogP contribution in [0.4, 0.5) is 0 Å². The maximum atomic E-state index is 13.8. The van der Waals surface area contributed by atoms with E-state index in [0.29, 0.717) is 46.9 Å². The minimum absolute atomic E-state index is 0.0232. The first-order valence-corrected chi connectivity index (χ1v) is 11.9. The van der Waals surface area contributed by atoms with Crippen LogP contribution in [-0.2, 0) is 6.42 Å². The molecule has 0 N–H and O–H groups in total. The van der Waals surface area contributed by atoms with Crippen molar-refractivity contribution in [2.75, 3.05) is 34.5 Å². The van der Waals surface area contributed by atoms with E-state index in [4.69, 9.17) is 23.4 Å². The third-order valence-corrected chi connectivity index (χ3v) is 6.60. The second-order valence-electron chi connectivity index (χ2n) is 8.62. The lowest BCUT2D eigenvalue weighted by atomic mass is 9.91. The van der Waals surface area contributed by atoms with Crippen LogP contribution in [0.15, 0.2) is 75.9 Å². The highest BCUT2D eigenvalue weighted by atomic mass is 16.5. The first-order valence-electron chi connectivity index (χ1n) is 11.9. The first kappa shape index (κ1) is 24.2. The van der Waals surface area contributed by atoms with Crippen LogP contribution in [0.5, 0.6) is 23.0 Å². The van der Waals surface area contributed by atoms with Crippen molar-refractivity contribution in [2.24, 2.45) is 0 Å². The molecule has 1 aliphatic heterocycles. The van der Waals surface area contributed by atoms with Crippen molar-refractivity contribution in [1.29, 1.82) is 0 Å². The van der Waals surface area contributed by atoms with E-state index in [1.807, 2.05) is 30.3 Å². The lowest BCUT2D eigenvalue weighted by molar-refractivity contribution is 0.0583. The fraction of sp³-hybridized carbons (Fsp3) is 0.241. The summed E-state index contributed by atoms with van der Waals surface area (Å²) in [5.74, 6) is 1.87. The van der Waals surface area contributed by atoms with Crippen LogP contribution >= 0.6 is 0 Å². The quantitative estimate of drug-likeness (QED) is 0.341. The molecule has 4 aromatic rings. The number of para-hydroxylation sites is 3. The van der Waals surface area contributed by atoms with Gasteiger partial charge in [-0.3, -0.25) is 4.79 Å². The molecule has 190 valence electrons. The minimum atomic E-state index is -0.675. The highest BCUT2D eigenvalue weighted by molar-refractivity contribution is 5.97. The molecular weight excluding hydrogens is 474 g/mol. The maximum Gasteiger partial charge on any atom is 0.349 e. The number of rotatable bonds is 7. The lowest BCUT2D eigenvalue weighted by Crippen LogP contribution is -2.44. The number of hydrogen-bond acceptors (Lipinski definition) is 7. The first-order chi connectivity index (χ1) is 18.0. The van der Waals surface area contributed by atoms with E-state index in [1.54, 1.807) is 62.6 Å². The molecule has 0 radical (unpaired) electrons. The molecule has 8 heteroatoms. The molecule has 0 aliphatic carbocycles. The number of hydrogen-bond donors (Lipinski definition) is 0. The number of carbonyl (C=O) groups is 1. The van der Waals surface area contributed by atoms with Gasteiger partial charge in [0.15, 0.2) is 23.0 Å². The summed E-state index contributed by atoms with van der Waals surface area (Å²) in [6.07, 6.45) is 0.575. The van der Waals surface area contributed by atoms with Crippen LogP contribution < -0.4 is 24.6 Å². The van der Waals surface area contributed by atoms with Crippen molar-refractivity contribution in [1.82, 2.24) is 4.90 Å². The molecular formula is C29H27NO7. The van der Waals surface area contributed by atoms with Gasteiger partial charge in [0.05, 0.1) is 27.4 Å². The average molecular weight is 502 g/mol. The molecule has 0 saturated heterocycles. The van der Waals surface area contributed by atoms with Crippen LogP contribution in [0.3, 0.4) is 0 Å². The Morgan fingerprint density at radius 1 is 0.892 bits per heavy atom. The fourth-order valence-electron chi connectivity index (χ4n) is 4.72. The van der Waals surface area contributed by atoms with E-state index in [0.717, 1.165) is 11.1 Å². The molecule has 1 aromatic heterocycles. The second kappa shape index (κ2) is 10.3. The zero-order valence-electron chi connectivity index (χ0n) is 20.9. The Morgan fingerprint density at radius 2 is 1.57 bits per heavy atom. The number of ether oxygens (including phenoxy) is 4. The predicted molar refractivity (Wildman–Crippen MR) is 138 cm³/mol. The smallest absolute Gasteiger partial charge is 0.349 e. The molecule has 37 heavy (non-hydrogen) atoms. The van der Waals surface area contributed by atoms with Crippen LogP contribution in [0.1, 0.15) is 27.5 Å². The van der Waals surface area contributed by atoms with E-state index in [9.17, 15) is 9.59 Å². The van der Waals surface area contributed by atoms with Gasteiger partial charge in [-0.05, 0) is 53.9 Å². The summed E-state index contributed by atoms with van der Waals surface area (Å²) in [6, 6.07) is 19.3. The summed E-state index contributed by atoms with van der Waals surface area (Å²) in [5, 5.41) is 0.677. The van der Waals surface area contributed by atoms with Crippen LogP contribution in [0.25, 0.3) is 11.0 Å². The van der Waals surface area contributed by atoms with E-state index in [1.165, 1.54) is 0 Å². The van der Waals surface area contributed by atoms with Gasteiger partial charge in [-0.2, -0.15) is 0 Å². The number of carbonyl (C=O) groups excluding carboxylic acids is 1. The van der Waals surface area contributed by atoms with Gasteiger partial charge < -0.3 is 28.3 Å². The number of nitrogens with zero attached hydrogens (tertiary/aromatic N) is 1. The van der Waals surface area contributed by atoms with E-state index in [2.05, 4.69) is 0 Å². The third-order valence-electron chi connectivity index (χ3n) is 6.60. The molecule has 0 unspecified atom stereocenters. The van der Waals surface area contributed by atoms with Gasteiger partial charge in [-0.25, -0.2) is 4.79 Å². The van der Waals surface area contributed by atoms with Crippen molar-refractivity contribution in [2.45, 2.75) is 12.5 Å². The third kappa shape index (κ3) is 4.58. The Morgan fingerprint density at radius 3 is 2.32 bits per heavy atom. The molecule has 1 atom stereocenters. The molecule has 1 amide bonds. The number of fused-ring (bicyclic) bond motifs is 2. The topological polar surface area (TPSA) is 87.4 Å². The molecule has 0 spiro atoms. The summed E-state index contributed by atoms with van der Waals surface area (Å²) < 4.78 is 28.1. The Balaban J connectivity index is 1.56. The summed E-state index contributed by atoms with van der Waals surface area (Å²) in [7, 11) is 4.73. The Hall–Kier alpha value is -4.46. The second-order valence-corrected chi connectivity index (χ2v) is 8.62. The van der Waals surface area contributed by atoms with Gasteiger partial charge in [-0.1, -0.05) is 30.3 Å². The molecule has 8 nitrogen and oxygen atoms in total. The van der Waals surface area contributed by atoms with Crippen molar-refractivity contribution in [3.05, 3.63) is 93.8 Å². The van der Waals surface area contributed by atoms with Gasteiger partial charge in [0.2, 0.25) is 0 Å². The highest BCUT2D eigenvalue weighted by Crippen LogP contribution is 2.39.